The molecule has 0 aliphatic carbocycles. The van der Waals surface area contributed by atoms with Gasteiger partial charge in [-0.1, -0.05) is 12.2 Å². The minimum Gasteiger partial charge on any atom is -0.508 e. The van der Waals surface area contributed by atoms with Gasteiger partial charge in [-0.3, -0.25) is 0 Å². The maximum Gasteiger partial charge on any atom is 0.347 e. The molecule has 124 valence electrons. The van der Waals surface area contributed by atoms with E-state index in [2.05, 4.69) is 0 Å². The van der Waals surface area contributed by atoms with Crippen LogP contribution in [0, 0.1) is 0 Å². The molecule has 0 aliphatic heterocycles. The van der Waals surface area contributed by atoms with Crippen molar-refractivity contribution >= 4 is 10.8 Å². The molecule has 0 saturated heterocycles. The maximum absolute atomic E-state index is 11.9. The number of aromatic hydroxyl groups is 2. The van der Waals surface area contributed by atoms with Crippen LogP contribution in [0.4, 0.5) is 0 Å². The third-order valence-corrected chi connectivity index (χ3v) is 3.57. The standard InChI is InChI=1S/C18H22O5/c1-12(19)7-5-3-2-4-6-8-15-10-13-9-14(20)11-16(21)17(13)18(22)23-15/h3,5,9-12,19-21H,2,4,6-8H2,1H3/b5-3+/t12-/m0/s1. The minimum atomic E-state index is -0.591. The first-order chi connectivity index (χ1) is 11.0. The summed E-state index contributed by atoms with van der Waals surface area (Å²) in [6.07, 6.45) is 7.68. The molecule has 1 heterocycles. The van der Waals surface area contributed by atoms with Crippen molar-refractivity contribution in [2.75, 3.05) is 0 Å². The summed E-state index contributed by atoms with van der Waals surface area (Å²) < 4.78 is 5.22. The van der Waals surface area contributed by atoms with Gasteiger partial charge in [0.2, 0.25) is 0 Å². The molecule has 3 N–H and O–H groups in total. The molecule has 1 atom stereocenters. The van der Waals surface area contributed by atoms with E-state index in [-0.39, 0.29) is 23.0 Å². The SMILES string of the molecule is C[C@H](O)C/C=C/CCCCc1cc2cc(O)cc(O)c2c(=O)o1. The van der Waals surface area contributed by atoms with Gasteiger partial charge in [-0.15, -0.1) is 0 Å². The van der Waals surface area contributed by atoms with Gasteiger partial charge in [0, 0.05) is 12.5 Å². The summed E-state index contributed by atoms with van der Waals surface area (Å²) in [7, 11) is 0. The fourth-order valence-corrected chi connectivity index (χ4v) is 2.44. The van der Waals surface area contributed by atoms with Crippen LogP contribution in [-0.2, 0) is 6.42 Å². The lowest BCUT2D eigenvalue weighted by Gasteiger charge is -2.04. The Bertz CT molecular complexity index is 743. The fourth-order valence-electron chi connectivity index (χ4n) is 2.44. The zero-order valence-electron chi connectivity index (χ0n) is 13.2. The second kappa shape index (κ2) is 7.83. The molecule has 0 spiro atoms. The zero-order valence-corrected chi connectivity index (χ0v) is 13.2. The lowest BCUT2D eigenvalue weighted by atomic mass is 10.1. The first-order valence-electron chi connectivity index (χ1n) is 7.79. The van der Waals surface area contributed by atoms with Crippen molar-refractivity contribution in [2.45, 2.75) is 45.1 Å². The molecular weight excluding hydrogens is 296 g/mol. The van der Waals surface area contributed by atoms with Gasteiger partial charge in [0.25, 0.3) is 0 Å². The second-order valence-electron chi connectivity index (χ2n) is 5.73. The predicted octanol–water partition coefficient (Wildman–Crippen LogP) is 3.24. The molecule has 0 aliphatic rings. The predicted molar refractivity (Wildman–Crippen MR) is 88.8 cm³/mol. The van der Waals surface area contributed by atoms with Crippen molar-refractivity contribution in [1.82, 2.24) is 0 Å². The van der Waals surface area contributed by atoms with Gasteiger partial charge < -0.3 is 19.7 Å². The van der Waals surface area contributed by atoms with Crippen LogP contribution in [0.2, 0.25) is 0 Å². The van der Waals surface area contributed by atoms with E-state index in [1.807, 2.05) is 12.2 Å². The molecule has 2 aromatic rings. The van der Waals surface area contributed by atoms with Crippen LogP contribution in [0.5, 0.6) is 11.5 Å². The molecule has 0 amide bonds. The average Bonchev–Trinajstić information content (AvgIpc) is 2.44. The number of benzene rings is 1. The van der Waals surface area contributed by atoms with E-state index in [1.54, 1.807) is 13.0 Å². The molecule has 0 bridgehead atoms. The van der Waals surface area contributed by atoms with Gasteiger partial charge in [-0.2, -0.15) is 0 Å². The van der Waals surface area contributed by atoms with E-state index < -0.39 is 5.63 Å². The second-order valence-corrected chi connectivity index (χ2v) is 5.73. The zero-order chi connectivity index (χ0) is 16.8. The molecule has 0 unspecified atom stereocenters. The van der Waals surface area contributed by atoms with Crippen molar-refractivity contribution in [3.05, 3.63) is 46.5 Å². The number of unbranched alkanes of at least 4 members (excludes halogenated alkanes) is 2. The molecule has 5 heteroatoms. The van der Waals surface area contributed by atoms with Crippen LogP contribution in [0.15, 0.2) is 39.6 Å². The summed E-state index contributed by atoms with van der Waals surface area (Å²) in [6, 6.07) is 4.24. The molecule has 0 radical (unpaired) electrons. The van der Waals surface area contributed by atoms with Gasteiger partial charge >= 0.3 is 5.63 Å². The summed E-state index contributed by atoms with van der Waals surface area (Å²) in [4.78, 5) is 11.9. The Morgan fingerprint density at radius 2 is 1.96 bits per heavy atom. The number of phenols is 2. The lowest BCUT2D eigenvalue weighted by Crippen LogP contribution is -2.02. The third kappa shape index (κ3) is 4.86. The van der Waals surface area contributed by atoms with Crippen LogP contribution < -0.4 is 5.63 Å². The highest BCUT2D eigenvalue weighted by Crippen LogP contribution is 2.28. The number of hydrogen-bond donors (Lipinski definition) is 3. The number of phenolic OH excluding ortho intramolecular Hbond substituents is 2. The van der Waals surface area contributed by atoms with Crippen LogP contribution >= 0.6 is 0 Å². The van der Waals surface area contributed by atoms with E-state index in [0.29, 0.717) is 24.0 Å². The number of rotatable bonds is 7. The summed E-state index contributed by atoms with van der Waals surface area (Å²) in [6.45, 7) is 1.75. The Kier molecular flexibility index (Phi) is 5.82. The van der Waals surface area contributed by atoms with Crippen molar-refractivity contribution < 1.29 is 19.7 Å². The molecule has 23 heavy (non-hydrogen) atoms. The molecular formula is C18H22O5. The summed E-state index contributed by atoms with van der Waals surface area (Å²) >= 11 is 0. The number of allylic oxidation sites excluding steroid dienone is 1. The maximum atomic E-state index is 11.9. The Labute approximate surface area is 134 Å². The van der Waals surface area contributed by atoms with Crippen molar-refractivity contribution in [3.63, 3.8) is 0 Å². The smallest absolute Gasteiger partial charge is 0.347 e. The van der Waals surface area contributed by atoms with Crippen LogP contribution in [0.1, 0.15) is 38.4 Å². The first-order valence-corrected chi connectivity index (χ1v) is 7.79. The van der Waals surface area contributed by atoms with Crippen molar-refractivity contribution in [2.24, 2.45) is 0 Å². The summed E-state index contributed by atoms with van der Waals surface area (Å²) in [5.74, 6) is 0.179. The Morgan fingerprint density at radius 3 is 2.70 bits per heavy atom. The highest BCUT2D eigenvalue weighted by molar-refractivity contribution is 5.88. The Balaban J connectivity index is 1.96. The van der Waals surface area contributed by atoms with E-state index in [4.69, 9.17) is 9.52 Å². The average molecular weight is 318 g/mol. The van der Waals surface area contributed by atoms with Crippen LogP contribution in [-0.4, -0.2) is 21.4 Å². The number of aliphatic hydroxyl groups is 1. The summed E-state index contributed by atoms with van der Waals surface area (Å²) in [5.41, 5.74) is -0.591. The van der Waals surface area contributed by atoms with E-state index in [9.17, 15) is 15.0 Å². The monoisotopic (exact) mass is 318 g/mol. The highest BCUT2D eigenvalue weighted by atomic mass is 16.4. The highest BCUT2D eigenvalue weighted by Gasteiger charge is 2.10. The number of fused-ring (bicyclic) bond motifs is 1. The van der Waals surface area contributed by atoms with E-state index >= 15 is 0 Å². The van der Waals surface area contributed by atoms with Gasteiger partial charge in [-0.25, -0.2) is 4.79 Å². The third-order valence-electron chi connectivity index (χ3n) is 3.57. The largest absolute Gasteiger partial charge is 0.508 e. The fraction of sp³-hybridized carbons (Fsp3) is 0.389. The molecule has 0 fully saturated rings. The first kappa shape index (κ1) is 17.1. The van der Waals surface area contributed by atoms with E-state index in [0.717, 1.165) is 25.3 Å². The van der Waals surface area contributed by atoms with Gasteiger partial charge in [0.05, 0.1) is 6.10 Å². The Hall–Kier alpha value is -2.27. The molecule has 2 rings (SSSR count). The number of hydrogen-bond acceptors (Lipinski definition) is 5. The van der Waals surface area contributed by atoms with Crippen molar-refractivity contribution in [3.8, 4) is 11.5 Å². The van der Waals surface area contributed by atoms with Gasteiger partial charge in [0.1, 0.15) is 22.6 Å². The van der Waals surface area contributed by atoms with E-state index in [1.165, 1.54) is 6.07 Å². The molecule has 5 nitrogen and oxygen atoms in total. The minimum absolute atomic E-state index is 0.0881. The summed E-state index contributed by atoms with van der Waals surface area (Å²) in [5, 5.41) is 28.9. The van der Waals surface area contributed by atoms with Crippen molar-refractivity contribution in [1.29, 1.82) is 0 Å². The van der Waals surface area contributed by atoms with Crippen LogP contribution in [0.3, 0.4) is 0 Å². The molecule has 1 aromatic carbocycles. The van der Waals surface area contributed by atoms with Gasteiger partial charge in [0.15, 0.2) is 0 Å². The normalized spacial score (nSPS) is 13.0. The molecule has 0 saturated carbocycles. The lowest BCUT2D eigenvalue weighted by molar-refractivity contribution is 0.198. The van der Waals surface area contributed by atoms with Gasteiger partial charge in [-0.05, 0) is 50.1 Å². The topological polar surface area (TPSA) is 90.9 Å². The van der Waals surface area contributed by atoms with Crippen LogP contribution in [0.25, 0.3) is 10.8 Å². The number of aryl methyl sites for hydroxylation is 1. The molecule has 1 aromatic heterocycles. The number of aliphatic hydroxyl groups excluding tert-OH is 1. The quantitative estimate of drug-likeness (QED) is 0.538. The Morgan fingerprint density at radius 1 is 1.17 bits per heavy atom.